The molecule has 0 amide bonds. The van der Waals surface area contributed by atoms with Crippen molar-refractivity contribution in [3.63, 3.8) is 0 Å². The van der Waals surface area contributed by atoms with E-state index in [1.807, 2.05) is 0 Å². The first kappa shape index (κ1) is 12.5. The maximum atomic E-state index is 6.10. The van der Waals surface area contributed by atoms with Crippen LogP contribution in [0, 0.1) is 0 Å². The Morgan fingerprint density at radius 3 is 2.24 bits per heavy atom. The molecule has 0 bridgehead atoms. The summed E-state index contributed by atoms with van der Waals surface area (Å²) in [7, 11) is 1.51. The summed E-state index contributed by atoms with van der Waals surface area (Å²) in [5, 5.41) is 1.53. The van der Waals surface area contributed by atoms with Crippen LogP contribution in [0.25, 0.3) is 11.1 Å². The van der Waals surface area contributed by atoms with Crippen molar-refractivity contribution in [1.82, 2.24) is 4.98 Å². The lowest BCUT2D eigenvalue weighted by molar-refractivity contribution is 0.398. The van der Waals surface area contributed by atoms with Crippen molar-refractivity contribution in [3.8, 4) is 17.0 Å². The third kappa shape index (κ3) is 2.49. The molecule has 1 aromatic heterocycles. The van der Waals surface area contributed by atoms with Gasteiger partial charge in [-0.05, 0) is 18.2 Å². The highest BCUT2D eigenvalue weighted by Crippen LogP contribution is 2.36. The van der Waals surface area contributed by atoms with Crippen molar-refractivity contribution in [2.45, 2.75) is 0 Å². The number of halogens is 3. The maximum absolute atomic E-state index is 6.10. The van der Waals surface area contributed by atoms with Crippen LogP contribution in [0.15, 0.2) is 30.5 Å². The molecule has 1 heterocycles. The maximum Gasteiger partial charge on any atom is 0.232 e. The first-order chi connectivity index (χ1) is 8.13. The van der Waals surface area contributed by atoms with Crippen LogP contribution in [0.1, 0.15) is 0 Å². The van der Waals surface area contributed by atoms with Gasteiger partial charge in [-0.2, -0.15) is 0 Å². The summed E-state index contributed by atoms with van der Waals surface area (Å²) in [6.07, 6.45) is 1.62. The van der Waals surface area contributed by atoms with Crippen LogP contribution in [0.3, 0.4) is 0 Å². The van der Waals surface area contributed by atoms with E-state index >= 15 is 0 Å². The number of hydrogen-bond acceptors (Lipinski definition) is 2. The van der Waals surface area contributed by atoms with E-state index in [4.69, 9.17) is 39.5 Å². The van der Waals surface area contributed by atoms with Gasteiger partial charge in [0.05, 0.1) is 7.11 Å². The van der Waals surface area contributed by atoms with Crippen molar-refractivity contribution in [2.75, 3.05) is 7.11 Å². The number of hydrogen-bond donors (Lipinski definition) is 0. The summed E-state index contributed by atoms with van der Waals surface area (Å²) >= 11 is 18.2. The Labute approximate surface area is 114 Å². The highest BCUT2D eigenvalue weighted by Gasteiger charge is 2.11. The van der Waals surface area contributed by atoms with Crippen molar-refractivity contribution >= 4 is 34.8 Å². The lowest BCUT2D eigenvalue weighted by Crippen LogP contribution is -1.90. The molecule has 5 heteroatoms. The Bertz CT molecular complexity index is 537. The third-order valence-electron chi connectivity index (χ3n) is 2.25. The average Bonchev–Trinajstić information content (AvgIpc) is 2.29. The molecule has 0 saturated carbocycles. The number of rotatable bonds is 2. The topological polar surface area (TPSA) is 22.1 Å². The van der Waals surface area contributed by atoms with Gasteiger partial charge in [0.15, 0.2) is 0 Å². The fraction of sp³-hybridized carbons (Fsp3) is 0.0833. The predicted molar refractivity (Wildman–Crippen MR) is 71.3 cm³/mol. The van der Waals surface area contributed by atoms with Crippen LogP contribution in [0.4, 0.5) is 0 Å². The summed E-state index contributed by atoms with van der Waals surface area (Å²) in [5.74, 6) is 0.374. The Balaban J connectivity index is 2.57. The number of methoxy groups -OCH3 is 1. The molecule has 88 valence electrons. The van der Waals surface area contributed by atoms with E-state index in [1.165, 1.54) is 7.11 Å². The molecule has 0 aliphatic rings. The van der Waals surface area contributed by atoms with E-state index in [1.54, 1.807) is 30.5 Å². The van der Waals surface area contributed by atoms with Gasteiger partial charge in [-0.1, -0.05) is 40.9 Å². The summed E-state index contributed by atoms with van der Waals surface area (Å²) < 4.78 is 4.99. The summed E-state index contributed by atoms with van der Waals surface area (Å²) in [6, 6.07) is 7.04. The predicted octanol–water partition coefficient (Wildman–Crippen LogP) is 4.72. The SMILES string of the molecule is COc1ncc(-c2c(Cl)cccc2Cl)cc1Cl. The van der Waals surface area contributed by atoms with Gasteiger partial charge in [0.2, 0.25) is 5.88 Å². The highest BCUT2D eigenvalue weighted by molar-refractivity contribution is 6.39. The van der Waals surface area contributed by atoms with Crippen LogP contribution in [-0.2, 0) is 0 Å². The molecule has 0 radical (unpaired) electrons. The van der Waals surface area contributed by atoms with Crippen LogP contribution in [0.5, 0.6) is 5.88 Å². The van der Waals surface area contributed by atoms with Crippen molar-refractivity contribution in [3.05, 3.63) is 45.5 Å². The zero-order valence-electron chi connectivity index (χ0n) is 8.88. The normalized spacial score (nSPS) is 10.4. The van der Waals surface area contributed by atoms with Crippen molar-refractivity contribution in [2.24, 2.45) is 0 Å². The number of benzene rings is 1. The first-order valence-corrected chi connectivity index (χ1v) is 5.91. The lowest BCUT2D eigenvalue weighted by atomic mass is 10.1. The fourth-order valence-electron chi connectivity index (χ4n) is 1.49. The smallest absolute Gasteiger partial charge is 0.232 e. The summed E-state index contributed by atoms with van der Waals surface area (Å²) in [4.78, 5) is 4.08. The molecule has 2 nitrogen and oxygen atoms in total. The van der Waals surface area contributed by atoms with Crippen LogP contribution >= 0.6 is 34.8 Å². The quantitative estimate of drug-likeness (QED) is 0.798. The molecule has 0 fully saturated rings. The zero-order valence-corrected chi connectivity index (χ0v) is 11.1. The number of aromatic nitrogens is 1. The van der Waals surface area contributed by atoms with Crippen LogP contribution in [0.2, 0.25) is 15.1 Å². The molecule has 17 heavy (non-hydrogen) atoms. The summed E-state index contributed by atoms with van der Waals surface area (Å²) in [5.41, 5.74) is 1.47. The van der Waals surface area contributed by atoms with E-state index < -0.39 is 0 Å². The van der Waals surface area contributed by atoms with Crippen molar-refractivity contribution in [1.29, 1.82) is 0 Å². The van der Waals surface area contributed by atoms with Crippen molar-refractivity contribution < 1.29 is 4.74 Å². The van der Waals surface area contributed by atoms with Gasteiger partial charge in [0.1, 0.15) is 5.02 Å². The van der Waals surface area contributed by atoms with Gasteiger partial charge in [0.25, 0.3) is 0 Å². The Morgan fingerprint density at radius 2 is 1.71 bits per heavy atom. The molecular formula is C12H8Cl3NO. The number of nitrogens with zero attached hydrogens (tertiary/aromatic N) is 1. The Hall–Kier alpha value is -0.960. The fourth-order valence-corrected chi connectivity index (χ4v) is 2.35. The van der Waals surface area contributed by atoms with Gasteiger partial charge in [-0.25, -0.2) is 4.98 Å². The van der Waals surface area contributed by atoms with Crippen LogP contribution in [-0.4, -0.2) is 12.1 Å². The largest absolute Gasteiger partial charge is 0.480 e. The highest BCUT2D eigenvalue weighted by atomic mass is 35.5. The van der Waals surface area contributed by atoms with E-state index in [-0.39, 0.29) is 0 Å². The molecule has 1 aromatic carbocycles. The first-order valence-electron chi connectivity index (χ1n) is 4.77. The average molecular weight is 289 g/mol. The zero-order chi connectivity index (χ0) is 12.4. The molecule has 0 aliphatic heterocycles. The van der Waals surface area contributed by atoms with E-state index in [0.29, 0.717) is 26.5 Å². The molecule has 0 atom stereocenters. The minimum Gasteiger partial charge on any atom is -0.480 e. The molecular weight excluding hydrogens is 280 g/mol. The second-order valence-electron chi connectivity index (χ2n) is 3.31. The van der Waals surface area contributed by atoms with E-state index in [2.05, 4.69) is 4.98 Å². The third-order valence-corrected chi connectivity index (χ3v) is 3.15. The Kier molecular flexibility index (Phi) is 3.77. The molecule has 2 rings (SSSR count). The van der Waals surface area contributed by atoms with Gasteiger partial charge in [0, 0.05) is 27.4 Å². The second kappa shape index (κ2) is 5.13. The van der Waals surface area contributed by atoms with E-state index in [9.17, 15) is 0 Å². The molecule has 0 spiro atoms. The lowest BCUT2D eigenvalue weighted by Gasteiger charge is -2.08. The molecule has 2 aromatic rings. The number of ether oxygens (including phenoxy) is 1. The molecule has 0 N–H and O–H groups in total. The summed E-state index contributed by atoms with van der Waals surface area (Å²) in [6.45, 7) is 0. The van der Waals surface area contributed by atoms with Crippen LogP contribution < -0.4 is 4.74 Å². The molecule has 0 saturated heterocycles. The number of pyridine rings is 1. The second-order valence-corrected chi connectivity index (χ2v) is 4.53. The van der Waals surface area contributed by atoms with Gasteiger partial charge < -0.3 is 4.74 Å². The minimum absolute atomic E-state index is 0.374. The minimum atomic E-state index is 0.374. The molecule has 0 unspecified atom stereocenters. The molecule has 0 aliphatic carbocycles. The van der Waals surface area contributed by atoms with Gasteiger partial charge >= 0.3 is 0 Å². The monoisotopic (exact) mass is 287 g/mol. The van der Waals surface area contributed by atoms with Gasteiger partial charge in [-0.15, -0.1) is 0 Å². The standard InChI is InChI=1S/C12H8Cl3NO/c1-17-12-10(15)5-7(6-16-12)11-8(13)3-2-4-9(11)14/h2-6H,1H3. The van der Waals surface area contributed by atoms with E-state index in [0.717, 1.165) is 5.56 Å². The van der Waals surface area contributed by atoms with Gasteiger partial charge in [-0.3, -0.25) is 0 Å². The Morgan fingerprint density at radius 1 is 1.06 bits per heavy atom.